The highest BCUT2D eigenvalue weighted by Gasteiger charge is 2.23. The van der Waals surface area contributed by atoms with Crippen LogP contribution in [0.15, 0.2) is 23.1 Å². The lowest BCUT2D eigenvalue weighted by molar-refractivity contribution is -0.122. The maximum atomic E-state index is 12.3. The molecule has 0 aliphatic rings. The van der Waals surface area contributed by atoms with Gasteiger partial charge in [0.05, 0.1) is 31.8 Å². The number of carbonyl (C=O) groups excluding carboxylic acids is 1. The van der Waals surface area contributed by atoms with E-state index in [1.165, 1.54) is 39.3 Å². The van der Waals surface area contributed by atoms with Crippen LogP contribution in [0.4, 0.5) is 0 Å². The molecule has 0 bridgehead atoms. The topological polar surface area (TPSA) is 114 Å². The lowest BCUT2D eigenvalue weighted by atomic mass is 10.3. The summed E-state index contributed by atoms with van der Waals surface area (Å²) in [6.45, 7) is 1.24. The van der Waals surface area contributed by atoms with Crippen molar-refractivity contribution in [3.63, 3.8) is 0 Å². The van der Waals surface area contributed by atoms with Crippen LogP contribution < -0.4 is 19.5 Å². The number of amides is 1. The van der Waals surface area contributed by atoms with E-state index in [0.717, 1.165) is 0 Å². The van der Waals surface area contributed by atoms with Crippen LogP contribution in [-0.2, 0) is 14.8 Å². The van der Waals surface area contributed by atoms with Crippen LogP contribution in [-0.4, -0.2) is 52.8 Å². The van der Waals surface area contributed by atoms with Crippen LogP contribution in [0.1, 0.15) is 6.92 Å². The smallest absolute Gasteiger partial charge is 0.241 e. The van der Waals surface area contributed by atoms with Gasteiger partial charge in [-0.3, -0.25) is 4.79 Å². The second-order valence-electron chi connectivity index (χ2n) is 4.37. The summed E-state index contributed by atoms with van der Waals surface area (Å²) in [5, 5.41) is 11.0. The lowest BCUT2D eigenvalue weighted by Crippen LogP contribution is -2.45. The fourth-order valence-corrected chi connectivity index (χ4v) is 2.89. The monoisotopic (exact) mass is 332 g/mol. The lowest BCUT2D eigenvalue weighted by Gasteiger charge is -2.15. The number of aliphatic hydroxyl groups excluding tert-OH is 1. The van der Waals surface area contributed by atoms with Crippen LogP contribution in [0.2, 0.25) is 0 Å². The summed E-state index contributed by atoms with van der Waals surface area (Å²) in [5.74, 6) is 0.135. The number of ether oxygens (including phenoxy) is 2. The molecule has 0 aliphatic heterocycles. The molecule has 1 atom stereocenters. The third-order valence-electron chi connectivity index (χ3n) is 2.80. The molecule has 0 unspecified atom stereocenters. The Labute approximate surface area is 129 Å². The third-order valence-corrected chi connectivity index (χ3v) is 4.34. The van der Waals surface area contributed by atoms with Crippen molar-refractivity contribution in [1.29, 1.82) is 0 Å². The number of carbonyl (C=O) groups is 1. The molecular formula is C13H20N2O6S. The van der Waals surface area contributed by atoms with Crippen molar-refractivity contribution in [2.24, 2.45) is 0 Å². The molecule has 0 fully saturated rings. The Kier molecular flexibility index (Phi) is 6.60. The SMILES string of the molecule is COc1ccc(S(=O)(=O)N[C@@H](C)C(=O)NCCO)cc1OC. The Morgan fingerprint density at radius 3 is 2.45 bits per heavy atom. The van der Waals surface area contributed by atoms with Crippen LogP contribution in [0.5, 0.6) is 11.5 Å². The molecule has 1 aromatic carbocycles. The number of nitrogens with one attached hydrogen (secondary N) is 2. The molecule has 1 rings (SSSR count). The molecule has 0 radical (unpaired) electrons. The largest absolute Gasteiger partial charge is 0.493 e. The zero-order chi connectivity index (χ0) is 16.8. The number of benzene rings is 1. The Morgan fingerprint density at radius 1 is 1.27 bits per heavy atom. The predicted octanol–water partition coefficient (Wildman–Crippen LogP) is -0.521. The predicted molar refractivity (Wildman–Crippen MR) is 79.4 cm³/mol. The van der Waals surface area contributed by atoms with Crippen molar-refractivity contribution in [3.8, 4) is 11.5 Å². The van der Waals surface area contributed by atoms with Crippen LogP contribution in [0.3, 0.4) is 0 Å². The molecular weight excluding hydrogens is 312 g/mol. The first-order valence-electron chi connectivity index (χ1n) is 6.48. The van der Waals surface area contributed by atoms with Gasteiger partial charge in [-0.15, -0.1) is 0 Å². The van der Waals surface area contributed by atoms with Gasteiger partial charge in [0.2, 0.25) is 15.9 Å². The molecule has 1 aromatic rings. The van der Waals surface area contributed by atoms with E-state index in [9.17, 15) is 13.2 Å². The Balaban J connectivity index is 2.92. The van der Waals surface area contributed by atoms with Gasteiger partial charge in [0.15, 0.2) is 11.5 Å². The summed E-state index contributed by atoms with van der Waals surface area (Å²) in [6, 6.07) is 3.13. The van der Waals surface area contributed by atoms with Crippen molar-refractivity contribution in [2.75, 3.05) is 27.4 Å². The van der Waals surface area contributed by atoms with Gasteiger partial charge in [0, 0.05) is 12.6 Å². The molecule has 0 saturated carbocycles. The van der Waals surface area contributed by atoms with Gasteiger partial charge in [0.25, 0.3) is 0 Å². The summed E-state index contributed by atoms with van der Waals surface area (Å²) >= 11 is 0. The molecule has 0 saturated heterocycles. The van der Waals surface area contributed by atoms with Gasteiger partial charge in [-0.05, 0) is 19.1 Å². The first-order valence-corrected chi connectivity index (χ1v) is 7.97. The van der Waals surface area contributed by atoms with Gasteiger partial charge in [-0.1, -0.05) is 0 Å². The molecule has 8 nitrogen and oxygen atoms in total. The van der Waals surface area contributed by atoms with E-state index < -0.39 is 22.0 Å². The summed E-state index contributed by atoms with van der Waals surface area (Å²) in [5.41, 5.74) is 0. The van der Waals surface area contributed by atoms with E-state index >= 15 is 0 Å². The normalized spacial score (nSPS) is 12.5. The van der Waals surface area contributed by atoms with Crippen LogP contribution >= 0.6 is 0 Å². The molecule has 1 amide bonds. The number of hydrogen-bond acceptors (Lipinski definition) is 6. The van der Waals surface area contributed by atoms with Gasteiger partial charge < -0.3 is 19.9 Å². The maximum absolute atomic E-state index is 12.3. The first-order chi connectivity index (χ1) is 10.4. The average Bonchev–Trinajstić information content (AvgIpc) is 2.51. The van der Waals surface area contributed by atoms with Crippen molar-refractivity contribution in [2.45, 2.75) is 17.9 Å². The molecule has 0 heterocycles. The molecule has 0 aliphatic carbocycles. The molecule has 0 spiro atoms. The van der Waals surface area contributed by atoms with E-state index in [-0.39, 0.29) is 23.8 Å². The minimum absolute atomic E-state index is 0.0491. The fraction of sp³-hybridized carbons (Fsp3) is 0.462. The second-order valence-corrected chi connectivity index (χ2v) is 6.09. The van der Waals surface area contributed by atoms with Crippen molar-refractivity contribution in [1.82, 2.24) is 10.0 Å². The van der Waals surface area contributed by atoms with Crippen molar-refractivity contribution >= 4 is 15.9 Å². The summed E-state index contributed by atoms with van der Waals surface area (Å²) < 4.78 is 36.8. The minimum atomic E-state index is -3.90. The van der Waals surface area contributed by atoms with Gasteiger partial charge in [-0.2, -0.15) is 4.72 Å². The highest BCUT2D eigenvalue weighted by atomic mass is 32.2. The molecule has 9 heteroatoms. The zero-order valence-electron chi connectivity index (χ0n) is 12.6. The van der Waals surface area contributed by atoms with Gasteiger partial charge in [0.1, 0.15) is 0 Å². The van der Waals surface area contributed by atoms with Crippen molar-refractivity contribution in [3.05, 3.63) is 18.2 Å². The number of rotatable bonds is 8. The van der Waals surface area contributed by atoms with E-state index in [1.807, 2.05) is 0 Å². The fourth-order valence-electron chi connectivity index (χ4n) is 1.67. The van der Waals surface area contributed by atoms with E-state index in [2.05, 4.69) is 10.0 Å². The molecule has 3 N–H and O–H groups in total. The number of hydrogen-bond donors (Lipinski definition) is 3. The van der Waals surface area contributed by atoms with Gasteiger partial charge in [-0.25, -0.2) is 8.42 Å². The Hall–Kier alpha value is -1.84. The standard InChI is InChI=1S/C13H20N2O6S/c1-9(13(17)14-6-7-16)15-22(18,19)10-4-5-11(20-2)12(8-10)21-3/h4-5,8-9,15-16H,6-7H2,1-3H3,(H,14,17)/t9-/m0/s1. The maximum Gasteiger partial charge on any atom is 0.241 e. The third kappa shape index (κ3) is 4.58. The highest BCUT2D eigenvalue weighted by molar-refractivity contribution is 7.89. The zero-order valence-corrected chi connectivity index (χ0v) is 13.4. The van der Waals surface area contributed by atoms with Gasteiger partial charge >= 0.3 is 0 Å². The summed E-state index contributed by atoms with van der Waals surface area (Å²) in [7, 11) is -1.06. The highest BCUT2D eigenvalue weighted by Crippen LogP contribution is 2.29. The van der Waals surface area contributed by atoms with Crippen molar-refractivity contribution < 1.29 is 27.8 Å². The number of methoxy groups -OCH3 is 2. The van der Waals surface area contributed by atoms with E-state index in [4.69, 9.17) is 14.6 Å². The molecule has 124 valence electrons. The second kappa shape index (κ2) is 7.97. The molecule has 0 aromatic heterocycles. The van der Waals surface area contributed by atoms with Crippen LogP contribution in [0.25, 0.3) is 0 Å². The Morgan fingerprint density at radius 2 is 1.91 bits per heavy atom. The summed E-state index contributed by atoms with van der Waals surface area (Å²) in [4.78, 5) is 11.6. The minimum Gasteiger partial charge on any atom is -0.493 e. The number of sulfonamides is 1. The molecule has 22 heavy (non-hydrogen) atoms. The Bertz CT molecular complexity index is 617. The first kappa shape index (κ1) is 18.2. The average molecular weight is 332 g/mol. The van der Waals surface area contributed by atoms with E-state index in [0.29, 0.717) is 5.75 Å². The van der Waals surface area contributed by atoms with Crippen LogP contribution in [0, 0.1) is 0 Å². The summed E-state index contributed by atoms with van der Waals surface area (Å²) in [6.07, 6.45) is 0. The van der Waals surface area contributed by atoms with E-state index in [1.54, 1.807) is 0 Å². The quantitative estimate of drug-likeness (QED) is 0.590. The number of aliphatic hydroxyl groups is 1.